The van der Waals surface area contributed by atoms with Gasteiger partial charge in [0.05, 0.1) is 0 Å². The van der Waals surface area contributed by atoms with Crippen LogP contribution in [0.5, 0.6) is 0 Å². The summed E-state index contributed by atoms with van der Waals surface area (Å²) in [6, 6.07) is 0.831. The van der Waals surface area contributed by atoms with E-state index >= 15 is 0 Å². The lowest BCUT2D eigenvalue weighted by Gasteiger charge is -2.39. The molecule has 0 spiro atoms. The van der Waals surface area contributed by atoms with E-state index in [2.05, 4.69) is 26.1 Å². The zero-order chi connectivity index (χ0) is 12.3. The van der Waals surface area contributed by atoms with E-state index in [1.807, 2.05) is 0 Å². The fourth-order valence-electron chi connectivity index (χ4n) is 3.27. The van der Waals surface area contributed by atoms with Gasteiger partial charge in [-0.1, -0.05) is 40.0 Å². The lowest BCUT2D eigenvalue weighted by Crippen LogP contribution is -2.37. The summed E-state index contributed by atoms with van der Waals surface area (Å²) in [4.78, 5) is 0. The van der Waals surface area contributed by atoms with Gasteiger partial charge in [0.2, 0.25) is 0 Å². The van der Waals surface area contributed by atoms with Crippen molar-refractivity contribution < 1.29 is 0 Å². The summed E-state index contributed by atoms with van der Waals surface area (Å²) in [7, 11) is 0. The Morgan fingerprint density at radius 1 is 1.00 bits per heavy atom. The molecule has 2 aliphatic carbocycles. The molecule has 0 atom stereocenters. The highest BCUT2D eigenvalue weighted by Crippen LogP contribution is 2.40. The fourth-order valence-corrected chi connectivity index (χ4v) is 3.27. The maximum absolute atomic E-state index is 3.78. The summed E-state index contributed by atoms with van der Waals surface area (Å²) < 4.78 is 0. The maximum atomic E-state index is 3.78. The molecule has 0 amide bonds. The van der Waals surface area contributed by atoms with E-state index in [9.17, 15) is 0 Å². The van der Waals surface area contributed by atoms with Crippen LogP contribution in [0.1, 0.15) is 72.1 Å². The smallest absolute Gasteiger partial charge is 0.00672 e. The van der Waals surface area contributed by atoms with Crippen molar-refractivity contribution in [1.82, 2.24) is 5.32 Å². The van der Waals surface area contributed by atoms with E-state index in [1.54, 1.807) is 0 Å². The minimum Gasteiger partial charge on any atom is -0.314 e. The molecule has 2 aliphatic rings. The zero-order valence-electron chi connectivity index (χ0n) is 12.1. The molecule has 1 heteroatoms. The SMILES string of the molecule is CCC(C)(C)C1CCC(NCCC2CC2)CC1. The predicted molar refractivity (Wildman–Crippen MR) is 75.2 cm³/mol. The van der Waals surface area contributed by atoms with Gasteiger partial charge in [0.15, 0.2) is 0 Å². The third kappa shape index (κ3) is 3.98. The largest absolute Gasteiger partial charge is 0.314 e. The summed E-state index contributed by atoms with van der Waals surface area (Å²) >= 11 is 0. The molecule has 0 aromatic carbocycles. The quantitative estimate of drug-likeness (QED) is 0.723. The van der Waals surface area contributed by atoms with Crippen LogP contribution < -0.4 is 5.32 Å². The Morgan fingerprint density at radius 3 is 2.18 bits per heavy atom. The Morgan fingerprint density at radius 2 is 1.65 bits per heavy atom. The second-order valence-electron chi connectivity index (χ2n) is 7.08. The minimum atomic E-state index is 0.568. The molecule has 17 heavy (non-hydrogen) atoms. The molecule has 0 unspecified atom stereocenters. The van der Waals surface area contributed by atoms with Crippen molar-refractivity contribution in [3.63, 3.8) is 0 Å². The first kappa shape index (κ1) is 13.4. The molecule has 100 valence electrons. The van der Waals surface area contributed by atoms with Crippen LogP contribution in [-0.2, 0) is 0 Å². The van der Waals surface area contributed by atoms with Crippen LogP contribution in [0.4, 0.5) is 0 Å². The summed E-state index contributed by atoms with van der Waals surface area (Å²) in [6.07, 6.45) is 11.5. The van der Waals surface area contributed by atoms with Crippen LogP contribution in [-0.4, -0.2) is 12.6 Å². The van der Waals surface area contributed by atoms with Gasteiger partial charge >= 0.3 is 0 Å². The summed E-state index contributed by atoms with van der Waals surface area (Å²) in [5.41, 5.74) is 0.568. The molecule has 0 bridgehead atoms. The number of rotatable bonds is 6. The molecule has 0 aliphatic heterocycles. The van der Waals surface area contributed by atoms with Crippen molar-refractivity contribution in [2.24, 2.45) is 17.3 Å². The first-order valence-electron chi connectivity index (χ1n) is 7.85. The molecule has 0 aromatic rings. The molecule has 1 nitrogen and oxygen atoms in total. The lowest BCUT2D eigenvalue weighted by atomic mass is 9.69. The molecule has 0 saturated heterocycles. The van der Waals surface area contributed by atoms with Gasteiger partial charge in [-0.05, 0) is 55.9 Å². The van der Waals surface area contributed by atoms with Gasteiger partial charge in [-0.15, -0.1) is 0 Å². The van der Waals surface area contributed by atoms with E-state index in [0.717, 1.165) is 17.9 Å². The average Bonchev–Trinajstić information content (AvgIpc) is 3.14. The Kier molecular flexibility index (Phi) is 4.52. The Labute approximate surface area is 108 Å². The summed E-state index contributed by atoms with van der Waals surface area (Å²) in [6.45, 7) is 8.54. The predicted octanol–water partition coefficient (Wildman–Crippen LogP) is 4.37. The van der Waals surface area contributed by atoms with Crippen LogP contribution in [0.15, 0.2) is 0 Å². The lowest BCUT2D eigenvalue weighted by molar-refractivity contribution is 0.137. The first-order chi connectivity index (χ1) is 8.12. The van der Waals surface area contributed by atoms with Gasteiger partial charge in [0, 0.05) is 6.04 Å². The van der Waals surface area contributed by atoms with E-state index in [-0.39, 0.29) is 0 Å². The molecule has 2 fully saturated rings. The zero-order valence-corrected chi connectivity index (χ0v) is 12.1. The molecule has 2 saturated carbocycles. The second-order valence-corrected chi connectivity index (χ2v) is 7.08. The van der Waals surface area contributed by atoms with E-state index in [0.29, 0.717) is 5.41 Å². The average molecular weight is 237 g/mol. The number of hydrogen-bond acceptors (Lipinski definition) is 1. The standard InChI is InChI=1S/C16H31N/c1-4-16(2,3)14-7-9-15(10-8-14)17-12-11-13-5-6-13/h13-15,17H,4-12H2,1-3H3. The highest BCUT2D eigenvalue weighted by Gasteiger charge is 2.31. The van der Waals surface area contributed by atoms with Crippen molar-refractivity contribution in [1.29, 1.82) is 0 Å². The van der Waals surface area contributed by atoms with Gasteiger partial charge in [0.1, 0.15) is 0 Å². The van der Waals surface area contributed by atoms with Crippen LogP contribution in [0.2, 0.25) is 0 Å². The fraction of sp³-hybridized carbons (Fsp3) is 1.00. The van der Waals surface area contributed by atoms with Gasteiger partial charge in [-0.25, -0.2) is 0 Å². The van der Waals surface area contributed by atoms with Crippen molar-refractivity contribution in [3.8, 4) is 0 Å². The minimum absolute atomic E-state index is 0.568. The topological polar surface area (TPSA) is 12.0 Å². The van der Waals surface area contributed by atoms with Gasteiger partial charge in [0.25, 0.3) is 0 Å². The first-order valence-corrected chi connectivity index (χ1v) is 7.85. The van der Waals surface area contributed by atoms with Crippen molar-refractivity contribution in [2.75, 3.05) is 6.54 Å². The summed E-state index contributed by atoms with van der Waals surface area (Å²) in [5, 5.41) is 3.78. The number of hydrogen-bond donors (Lipinski definition) is 1. The molecular formula is C16H31N. The summed E-state index contributed by atoms with van der Waals surface area (Å²) in [5.74, 6) is 2.05. The van der Waals surface area contributed by atoms with Crippen molar-refractivity contribution in [2.45, 2.75) is 78.2 Å². The van der Waals surface area contributed by atoms with Crippen LogP contribution in [0, 0.1) is 17.3 Å². The Bertz CT molecular complexity index is 222. The van der Waals surface area contributed by atoms with Crippen LogP contribution in [0.3, 0.4) is 0 Å². The number of nitrogens with one attached hydrogen (secondary N) is 1. The molecule has 2 rings (SSSR count). The van der Waals surface area contributed by atoms with E-state index < -0.39 is 0 Å². The molecule has 1 N–H and O–H groups in total. The maximum Gasteiger partial charge on any atom is 0.00672 e. The van der Waals surface area contributed by atoms with Gasteiger partial charge < -0.3 is 5.32 Å². The molecule has 0 heterocycles. The highest BCUT2D eigenvalue weighted by atomic mass is 14.9. The van der Waals surface area contributed by atoms with Crippen LogP contribution >= 0.6 is 0 Å². The van der Waals surface area contributed by atoms with Crippen molar-refractivity contribution in [3.05, 3.63) is 0 Å². The highest BCUT2D eigenvalue weighted by molar-refractivity contribution is 4.85. The molecule has 0 aromatic heterocycles. The van der Waals surface area contributed by atoms with E-state index in [1.165, 1.54) is 57.9 Å². The normalized spacial score (nSPS) is 30.5. The monoisotopic (exact) mass is 237 g/mol. The van der Waals surface area contributed by atoms with Gasteiger partial charge in [-0.3, -0.25) is 0 Å². The van der Waals surface area contributed by atoms with E-state index in [4.69, 9.17) is 0 Å². The van der Waals surface area contributed by atoms with Gasteiger partial charge in [-0.2, -0.15) is 0 Å². The van der Waals surface area contributed by atoms with Crippen molar-refractivity contribution >= 4 is 0 Å². The Hall–Kier alpha value is -0.0400. The third-order valence-corrected chi connectivity index (χ3v) is 5.43. The Balaban J connectivity index is 1.63. The second kappa shape index (κ2) is 5.73. The molecular weight excluding hydrogens is 206 g/mol. The third-order valence-electron chi connectivity index (χ3n) is 5.43. The van der Waals surface area contributed by atoms with Crippen LogP contribution in [0.25, 0.3) is 0 Å². The molecule has 0 radical (unpaired) electrons.